The zero-order chi connectivity index (χ0) is 15.4. The van der Waals surface area contributed by atoms with Crippen LogP contribution in [0.15, 0.2) is 65.8 Å². The van der Waals surface area contributed by atoms with Crippen molar-refractivity contribution in [3.63, 3.8) is 0 Å². The van der Waals surface area contributed by atoms with Crippen molar-refractivity contribution in [1.29, 1.82) is 0 Å². The molecule has 1 heterocycles. The number of anilines is 1. The predicted octanol–water partition coefficient (Wildman–Crippen LogP) is 3.88. The third-order valence-electron chi connectivity index (χ3n) is 3.30. The van der Waals surface area contributed by atoms with Gasteiger partial charge in [-0.15, -0.1) is 0 Å². The summed E-state index contributed by atoms with van der Waals surface area (Å²) < 4.78 is 0. The Balaban J connectivity index is 1.71. The van der Waals surface area contributed by atoms with Crippen molar-refractivity contribution in [2.75, 3.05) is 5.43 Å². The van der Waals surface area contributed by atoms with E-state index in [0.717, 1.165) is 22.3 Å². The number of nitrogens with one attached hydrogen (secondary N) is 1. The average molecular weight is 289 g/mol. The van der Waals surface area contributed by atoms with E-state index < -0.39 is 0 Å². The Kier molecular flexibility index (Phi) is 3.92. The van der Waals surface area contributed by atoms with E-state index in [9.17, 15) is 4.79 Å². The molecule has 0 atom stereocenters. The number of ketones is 1. The zero-order valence-electron chi connectivity index (χ0n) is 12.2. The largest absolute Gasteiger partial charge is 0.295 e. The van der Waals surface area contributed by atoms with Crippen molar-refractivity contribution < 1.29 is 4.79 Å². The second-order valence-corrected chi connectivity index (χ2v) is 4.93. The third-order valence-corrected chi connectivity index (χ3v) is 3.30. The standard InChI is InChI=1S/C18H15N3O/c1-13(22)14-6-9-16(10-7-14)21-19-12-17-11-8-15-4-2-3-5-18(15)20-17/h2-12,21H,1H3/b19-12-. The summed E-state index contributed by atoms with van der Waals surface area (Å²) in [5.74, 6) is 0.0513. The summed E-state index contributed by atoms with van der Waals surface area (Å²) in [7, 11) is 0. The monoisotopic (exact) mass is 289 g/mol. The van der Waals surface area contributed by atoms with Gasteiger partial charge in [0.05, 0.1) is 23.1 Å². The highest BCUT2D eigenvalue weighted by Gasteiger charge is 1.98. The molecule has 0 unspecified atom stereocenters. The summed E-state index contributed by atoms with van der Waals surface area (Å²) in [5, 5.41) is 5.27. The molecule has 0 saturated heterocycles. The number of benzene rings is 2. The molecule has 0 aliphatic heterocycles. The van der Waals surface area contributed by atoms with Crippen molar-refractivity contribution in [3.8, 4) is 0 Å². The molecule has 0 aliphatic carbocycles. The maximum Gasteiger partial charge on any atom is 0.159 e. The number of pyridine rings is 1. The van der Waals surface area contributed by atoms with E-state index in [1.807, 2.05) is 48.5 Å². The molecular formula is C18H15N3O. The fraction of sp³-hybridized carbons (Fsp3) is 0.0556. The van der Waals surface area contributed by atoms with Crippen molar-refractivity contribution in [2.45, 2.75) is 6.92 Å². The number of Topliss-reactive ketones (excluding diaryl/α,β-unsaturated/α-hetero) is 1. The topological polar surface area (TPSA) is 54.4 Å². The van der Waals surface area contributed by atoms with Crippen LogP contribution in [0.4, 0.5) is 5.69 Å². The van der Waals surface area contributed by atoms with Crippen LogP contribution >= 0.6 is 0 Å². The van der Waals surface area contributed by atoms with Crippen LogP contribution in [-0.4, -0.2) is 17.0 Å². The van der Waals surface area contributed by atoms with E-state index in [4.69, 9.17) is 0 Å². The lowest BCUT2D eigenvalue weighted by atomic mass is 10.1. The number of fused-ring (bicyclic) bond motifs is 1. The first-order chi connectivity index (χ1) is 10.7. The van der Waals surface area contributed by atoms with E-state index in [2.05, 4.69) is 15.5 Å². The average Bonchev–Trinajstić information content (AvgIpc) is 2.55. The van der Waals surface area contributed by atoms with E-state index in [-0.39, 0.29) is 5.78 Å². The van der Waals surface area contributed by atoms with Gasteiger partial charge in [0, 0.05) is 10.9 Å². The molecule has 0 spiro atoms. The molecular weight excluding hydrogens is 274 g/mol. The molecule has 0 bridgehead atoms. The highest BCUT2D eigenvalue weighted by Crippen LogP contribution is 2.12. The fourth-order valence-corrected chi connectivity index (χ4v) is 2.11. The van der Waals surface area contributed by atoms with Crippen LogP contribution in [-0.2, 0) is 0 Å². The van der Waals surface area contributed by atoms with E-state index >= 15 is 0 Å². The van der Waals surface area contributed by atoms with Crippen molar-refractivity contribution >= 4 is 28.6 Å². The van der Waals surface area contributed by atoms with Crippen LogP contribution in [0, 0.1) is 0 Å². The van der Waals surface area contributed by atoms with Crippen LogP contribution < -0.4 is 5.43 Å². The number of carbonyl (C=O) groups excluding carboxylic acids is 1. The number of hydrazone groups is 1. The summed E-state index contributed by atoms with van der Waals surface area (Å²) in [5.41, 5.74) is 6.16. The first kappa shape index (κ1) is 13.9. The Bertz CT molecular complexity index is 838. The Morgan fingerprint density at radius 1 is 1.05 bits per heavy atom. The van der Waals surface area contributed by atoms with Gasteiger partial charge in [-0.05, 0) is 43.3 Å². The quantitative estimate of drug-likeness (QED) is 0.450. The Labute approximate surface area is 128 Å². The van der Waals surface area contributed by atoms with Crippen LogP contribution in [0.2, 0.25) is 0 Å². The molecule has 0 fully saturated rings. The maximum absolute atomic E-state index is 11.2. The lowest BCUT2D eigenvalue weighted by molar-refractivity contribution is 0.101. The van der Waals surface area contributed by atoms with E-state index in [1.54, 1.807) is 25.3 Å². The molecule has 1 N–H and O–H groups in total. The van der Waals surface area contributed by atoms with Crippen LogP contribution in [0.5, 0.6) is 0 Å². The van der Waals surface area contributed by atoms with E-state index in [0.29, 0.717) is 5.56 Å². The van der Waals surface area contributed by atoms with Crippen LogP contribution in [0.25, 0.3) is 10.9 Å². The summed E-state index contributed by atoms with van der Waals surface area (Å²) in [6.45, 7) is 1.55. The predicted molar refractivity (Wildman–Crippen MR) is 89.4 cm³/mol. The highest BCUT2D eigenvalue weighted by molar-refractivity contribution is 5.94. The number of hydrogen-bond donors (Lipinski definition) is 1. The van der Waals surface area contributed by atoms with Crippen molar-refractivity contribution in [1.82, 2.24) is 4.98 Å². The minimum atomic E-state index is 0.0513. The normalized spacial score (nSPS) is 11.0. The van der Waals surface area contributed by atoms with Crippen molar-refractivity contribution in [2.24, 2.45) is 5.10 Å². The van der Waals surface area contributed by atoms with Gasteiger partial charge in [0.15, 0.2) is 5.78 Å². The van der Waals surface area contributed by atoms with E-state index in [1.165, 1.54) is 0 Å². The minimum Gasteiger partial charge on any atom is -0.295 e. The molecule has 3 aromatic rings. The molecule has 4 nitrogen and oxygen atoms in total. The second-order valence-electron chi connectivity index (χ2n) is 4.93. The van der Waals surface area contributed by atoms with Gasteiger partial charge in [0.2, 0.25) is 0 Å². The van der Waals surface area contributed by atoms with Gasteiger partial charge >= 0.3 is 0 Å². The molecule has 0 aliphatic rings. The number of para-hydroxylation sites is 1. The van der Waals surface area contributed by atoms with Crippen LogP contribution in [0.3, 0.4) is 0 Å². The fourth-order valence-electron chi connectivity index (χ4n) is 2.11. The lowest BCUT2D eigenvalue weighted by Crippen LogP contribution is -1.95. The molecule has 22 heavy (non-hydrogen) atoms. The van der Waals surface area contributed by atoms with Gasteiger partial charge in [-0.3, -0.25) is 10.2 Å². The van der Waals surface area contributed by atoms with Gasteiger partial charge in [0.1, 0.15) is 0 Å². The number of aromatic nitrogens is 1. The second kappa shape index (κ2) is 6.18. The molecule has 108 valence electrons. The lowest BCUT2D eigenvalue weighted by Gasteiger charge is -2.01. The Morgan fingerprint density at radius 2 is 1.82 bits per heavy atom. The SMILES string of the molecule is CC(=O)c1ccc(N/N=C\c2ccc3ccccc3n2)cc1. The number of carbonyl (C=O) groups is 1. The van der Waals surface area contributed by atoms with Crippen LogP contribution in [0.1, 0.15) is 23.0 Å². The van der Waals surface area contributed by atoms with Gasteiger partial charge in [-0.1, -0.05) is 24.3 Å². The molecule has 1 aromatic heterocycles. The number of hydrogen-bond acceptors (Lipinski definition) is 4. The highest BCUT2D eigenvalue weighted by atomic mass is 16.1. The smallest absolute Gasteiger partial charge is 0.159 e. The first-order valence-electron chi connectivity index (χ1n) is 6.98. The Hall–Kier alpha value is -3.01. The molecule has 3 rings (SSSR count). The third kappa shape index (κ3) is 3.17. The molecule has 0 saturated carbocycles. The van der Waals surface area contributed by atoms with Gasteiger partial charge in [0.25, 0.3) is 0 Å². The van der Waals surface area contributed by atoms with Crippen molar-refractivity contribution in [3.05, 3.63) is 71.9 Å². The Morgan fingerprint density at radius 3 is 2.59 bits per heavy atom. The zero-order valence-corrected chi connectivity index (χ0v) is 12.2. The molecule has 0 amide bonds. The molecule has 0 radical (unpaired) electrons. The number of nitrogens with zero attached hydrogens (tertiary/aromatic N) is 2. The molecule has 2 aromatic carbocycles. The maximum atomic E-state index is 11.2. The first-order valence-corrected chi connectivity index (χ1v) is 6.98. The summed E-state index contributed by atoms with van der Waals surface area (Å²) >= 11 is 0. The summed E-state index contributed by atoms with van der Waals surface area (Å²) in [6.07, 6.45) is 1.67. The molecule has 4 heteroatoms. The van der Waals surface area contributed by atoms with Gasteiger partial charge in [-0.25, -0.2) is 4.98 Å². The minimum absolute atomic E-state index is 0.0513. The summed E-state index contributed by atoms with van der Waals surface area (Å²) in [4.78, 5) is 15.7. The summed E-state index contributed by atoms with van der Waals surface area (Å²) in [6, 6.07) is 19.1. The van der Waals surface area contributed by atoms with Gasteiger partial charge < -0.3 is 0 Å². The van der Waals surface area contributed by atoms with Gasteiger partial charge in [-0.2, -0.15) is 5.10 Å². The number of rotatable bonds is 4.